The predicted octanol–water partition coefficient (Wildman–Crippen LogP) is 4.38. The molecule has 0 atom stereocenters. The van der Waals surface area contributed by atoms with Crippen molar-refractivity contribution in [2.75, 3.05) is 0 Å². The highest BCUT2D eigenvalue weighted by Crippen LogP contribution is 2.40. The molecule has 3 aromatic heterocycles. The number of fused-ring (bicyclic) bond motifs is 1. The van der Waals surface area contributed by atoms with E-state index in [0.717, 1.165) is 28.3 Å². The summed E-state index contributed by atoms with van der Waals surface area (Å²) in [5, 5.41) is 4.73. The van der Waals surface area contributed by atoms with E-state index in [9.17, 15) is 8.78 Å². The van der Waals surface area contributed by atoms with Gasteiger partial charge in [-0.15, -0.1) is 0 Å². The Morgan fingerprint density at radius 3 is 2.56 bits per heavy atom. The second-order valence-electron chi connectivity index (χ2n) is 6.97. The highest BCUT2D eigenvalue weighted by Gasteiger charge is 2.33. The van der Waals surface area contributed by atoms with Crippen LogP contribution in [0.3, 0.4) is 0 Å². The molecule has 0 bridgehead atoms. The number of hydrogen-bond donors (Lipinski definition) is 0. The first-order valence-corrected chi connectivity index (χ1v) is 8.89. The molecule has 5 nitrogen and oxygen atoms in total. The van der Waals surface area contributed by atoms with Crippen LogP contribution < -0.4 is 0 Å². The van der Waals surface area contributed by atoms with E-state index in [0.29, 0.717) is 18.5 Å². The molecule has 4 aromatic rings. The molecule has 1 saturated carbocycles. The van der Waals surface area contributed by atoms with Crippen LogP contribution in [0.4, 0.5) is 8.78 Å². The van der Waals surface area contributed by atoms with Gasteiger partial charge in [-0.25, -0.2) is 23.3 Å². The zero-order valence-corrected chi connectivity index (χ0v) is 14.7. The van der Waals surface area contributed by atoms with Gasteiger partial charge in [-0.05, 0) is 56.2 Å². The average molecular weight is 365 g/mol. The molecule has 3 heterocycles. The molecule has 0 N–H and O–H groups in total. The third-order valence-electron chi connectivity index (χ3n) is 5.14. The first-order chi connectivity index (χ1) is 13.1. The van der Waals surface area contributed by atoms with Crippen molar-refractivity contribution < 1.29 is 8.78 Å². The smallest absolute Gasteiger partial charge is 0.153 e. The molecule has 0 unspecified atom stereocenters. The molecule has 0 amide bonds. The van der Waals surface area contributed by atoms with Crippen molar-refractivity contribution in [1.29, 1.82) is 0 Å². The highest BCUT2D eigenvalue weighted by atomic mass is 19.1. The second-order valence-corrected chi connectivity index (χ2v) is 6.97. The van der Waals surface area contributed by atoms with Crippen molar-refractivity contribution in [3.63, 3.8) is 0 Å². The summed E-state index contributed by atoms with van der Waals surface area (Å²) in [4.78, 5) is 8.88. The Morgan fingerprint density at radius 2 is 1.81 bits per heavy atom. The number of aromatic nitrogens is 5. The van der Waals surface area contributed by atoms with Gasteiger partial charge in [0.25, 0.3) is 0 Å². The zero-order valence-electron chi connectivity index (χ0n) is 14.7. The van der Waals surface area contributed by atoms with E-state index in [2.05, 4.69) is 9.97 Å². The van der Waals surface area contributed by atoms with Crippen molar-refractivity contribution in [1.82, 2.24) is 24.1 Å². The molecule has 0 saturated heterocycles. The van der Waals surface area contributed by atoms with E-state index in [-0.39, 0.29) is 11.9 Å². The third-order valence-corrected chi connectivity index (χ3v) is 5.14. The Morgan fingerprint density at radius 1 is 1.04 bits per heavy atom. The van der Waals surface area contributed by atoms with E-state index < -0.39 is 6.17 Å². The lowest BCUT2D eigenvalue weighted by Crippen LogP contribution is -2.28. The maximum Gasteiger partial charge on any atom is 0.153 e. The monoisotopic (exact) mass is 365 g/mol. The topological polar surface area (TPSA) is 48.0 Å². The molecule has 7 heteroatoms. The van der Waals surface area contributed by atoms with Crippen molar-refractivity contribution in [2.45, 2.75) is 32.0 Å². The average Bonchev–Trinajstić information content (AvgIpc) is 3.23. The summed E-state index contributed by atoms with van der Waals surface area (Å²) in [7, 11) is 0. The maximum atomic E-state index is 13.5. The van der Waals surface area contributed by atoms with Gasteiger partial charge >= 0.3 is 0 Å². The van der Waals surface area contributed by atoms with Crippen molar-refractivity contribution in [3.05, 3.63) is 60.4 Å². The minimum atomic E-state index is -0.772. The van der Waals surface area contributed by atoms with Crippen molar-refractivity contribution >= 4 is 5.65 Å². The number of rotatable bonds is 3. The van der Waals surface area contributed by atoms with Crippen molar-refractivity contribution in [2.24, 2.45) is 0 Å². The lowest BCUT2D eigenvalue weighted by atomic mass is 9.90. The van der Waals surface area contributed by atoms with Gasteiger partial charge in [-0.1, -0.05) is 0 Å². The van der Waals surface area contributed by atoms with Crippen LogP contribution in [-0.4, -0.2) is 30.3 Å². The molecule has 0 radical (unpaired) electrons. The van der Waals surface area contributed by atoms with Gasteiger partial charge in [0.1, 0.15) is 17.7 Å². The summed E-state index contributed by atoms with van der Waals surface area (Å²) in [5.41, 5.74) is 4.73. The lowest BCUT2D eigenvalue weighted by molar-refractivity contribution is 0.138. The highest BCUT2D eigenvalue weighted by molar-refractivity contribution is 5.77. The Labute approximate surface area is 154 Å². The van der Waals surface area contributed by atoms with E-state index in [1.165, 1.54) is 12.1 Å². The molecule has 1 aromatic carbocycles. The molecular weight excluding hydrogens is 348 g/mol. The molecular formula is C20H17F2N5. The van der Waals surface area contributed by atoms with Crippen LogP contribution in [-0.2, 0) is 0 Å². The zero-order chi connectivity index (χ0) is 18.5. The van der Waals surface area contributed by atoms with Crippen LogP contribution in [0, 0.1) is 12.7 Å². The lowest BCUT2D eigenvalue weighted by Gasteiger charge is -2.32. The first-order valence-electron chi connectivity index (χ1n) is 8.89. The Bertz CT molecular complexity index is 1120. The molecule has 27 heavy (non-hydrogen) atoms. The number of halogens is 2. The second kappa shape index (κ2) is 5.97. The van der Waals surface area contributed by atoms with Gasteiger partial charge in [0.05, 0.1) is 29.6 Å². The van der Waals surface area contributed by atoms with Crippen LogP contribution in [0.2, 0.25) is 0 Å². The Balaban J connectivity index is 1.70. The van der Waals surface area contributed by atoms with Gasteiger partial charge < -0.3 is 4.57 Å². The minimum Gasteiger partial charge on any atom is -0.325 e. The van der Waals surface area contributed by atoms with Crippen LogP contribution in [0.15, 0.2) is 48.9 Å². The fourth-order valence-electron chi connectivity index (χ4n) is 3.57. The summed E-state index contributed by atoms with van der Waals surface area (Å²) >= 11 is 0. The van der Waals surface area contributed by atoms with Gasteiger partial charge in [-0.2, -0.15) is 5.10 Å². The number of nitrogens with zero attached hydrogens (tertiary/aromatic N) is 5. The molecule has 1 aliphatic carbocycles. The molecule has 1 fully saturated rings. The van der Waals surface area contributed by atoms with Crippen molar-refractivity contribution in [3.8, 4) is 22.6 Å². The normalized spacial score (nSPS) is 19.4. The SMILES string of the molecule is Cc1cnc2ccc(-c3c(-c4ccc(F)cc4)ncn3C3CC(F)C3)nn12. The standard InChI is InChI=1S/C20H17F2N5/c1-12-10-23-18-7-6-17(25-27(12)18)20-19(13-2-4-14(21)5-3-13)24-11-26(20)16-8-15(22)9-16/h2-7,10-11,15-16H,8-9H2,1H3. The molecule has 1 aliphatic rings. The third kappa shape index (κ3) is 2.61. The predicted molar refractivity (Wildman–Crippen MR) is 97.5 cm³/mol. The van der Waals surface area contributed by atoms with Gasteiger partial charge in [0, 0.05) is 11.6 Å². The molecule has 136 valence electrons. The number of hydrogen-bond acceptors (Lipinski definition) is 3. The summed E-state index contributed by atoms with van der Waals surface area (Å²) in [6.45, 7) is 1.94. The Kier molecular flexibility index (Phi) is 3.56. The largest absolute Gasteiger partial charge is 0.325 e. The number of aryl methyl sites for hydroxylation is 1. The minimum absolute atomic E-state index is 0.0538. The van der Waals surface area contributed by atoms with E-state index in [1.54, 1.807) is 29.2 Å². The summed E-state index contributed by atoms with van der Waals surface area (Å²) in [6.07, 6.45) is 3.67. The van der Waals surface area contributed by atoms with Gasteiger partial charge in [0.15, 0.2) is 5.65 Å². The van der Waals surface area contributed by atoms with E-state index in [1.807, 2.05) is 23.6 Å². The van der Waals surface area contributed by atoms with Crippen LogP contribution in [0.1, 0.15) is 24.6 Å². The van der Waals surface area contributed by atoms with E-state index in [4.69, 9.17) is 5.10 Å². The van der Waals surface area contributed by atoms with Gasteiger partial charge in [-0.3, -0.25) is 0 Å². The quantitative estimate of drug-likeness (QED) is 0.541. The molecule has 0 spiro atoms. The Hall–Kier alpha value is -3.09. The summed E-state index contributed by atoms with van der Waals surface area (Å²) < 4.78 is 30.6. The summed E-state index contributed by atoms with van der Waals surface area (Å²) in [5.74, 6) is -0.299. The van der Waals surface area contributed by atoms with E-state index >= 15 is 0 Å². The molecule has 5 rings (SSSR count). The van der Waals surface area contributed by atoms with Crippen LogP contribution in [0.5, 0.6) is 0 Å². The number of alkyl halides is 1. The van der Waals surface area contributed by atoms with Crippen LogP contribution >= 0.6 is 0 Å². The number of imidazole rings is 2. The fraction of sp³-hybridized carbons (Fsp3) is 0.250. The van der Waals surface area contributed by atoms with Crippen LogP contribution in [0.25, 0.3) is 28.3 Å². The first kappa shape index (κ1) is 16.1. The molecule has 0 aliphatic heterocycles. The summed E-state index contributed by atoms with van der Waals surface area (Å²) in [6, 6.07) is 10.1. The maximum absolute atomic E-state index is 13.5. The van der Waals surface area contributed by atoms with Gasteiger partial charge in [0.2, 0.25) is 0 Å². The number of benzene rings is 1. The fourth-order valence-corrected chi connectivity index (χ4v) is 3.57.